The number of benzene rings is 3. The summed E-state index contributed by atoms with van der Waals surface area (Å²) in [6.45, 7) is 0.376. The van der Waals surface area contributed by atoms with E-state index in [1.165, 1.54) is 0 Å². The van der Waals surface area contributed by atoms with Crippen molar-refractivity contribution >= 4 is 27.7 Å². The summed E-state index contributed by atoms with van der Waals surface area (Å²) in [4.78, 5) is 21.0. The maximum Gasteiger partial charge on any atom is 0.252 e. The highest BCUT2D eigenvalue weighted by Gasteiger charge is 2.24. The zero-order valence-corrected chi connectivity index (χ0v) is 19.0. The van der Waals surface area contributed by atoms with Crippen molar-refractivity contribution in [1.29, 1.82) is 0 Å². The van der Waals surface area contributed by atoms with E-state index in [2.05, 4.69) is 21.4 Å². The van der Waals surface area contributed by atoms with E-state index in [1.807, 2.05) is 66.9 Å². The number of H-pyrrole nitrogens is 1. The first-order valence-corrected chi connectivity index (χ1v) is 11.1. The molecule has 0 aliphatic rings. The lowest BCUT2D eigenvalue weighted by atomic mass is 9.89. The zero-order chi connectivity index (χ0) is 23.5. The molecule has 6 heteroatoms. The monoisotopic (exact) mass is 451 g/mol. The minimum atomic E-state index is -0.168. The Morgan fingerprint density at radius 3 is 2.53 bits per heavy atom. The van der Waals surface area contributed by atoms with Crippen LogP contribution in [0.25, 0.3) is 21.8 Å². The van der Waals surface area contributed by atoms with Crippen LogP contribution in [0.5, 0.6) is 11.5 Å². The molecule has 0 aliphatic carbocycles. The molecule has 1 unspecified atom stereocenters. The lowest BCUT2D eigenvalue weighted by Gasteiger charge is -2.22. The van der Waals surface area contributed by atoms with Crippen LogP contribution in [0.4, 0.5) is 0 Å². The molecule has 0 saturated heterocycles. The van der Waals surface area contributed by atoms with Gasteiger partial charge in [0.1, 0.15) is 0 Å². The molecule has 6 nitrogen and oxygen atoms in total. The quantitative estimate of drug-likeness (QED) is 0.352. The molecule has 5 aromatic rings. The smallest absolute Gasteiger partial charge is 0.252 e. The van der Waals surface area contributed by atoms with Crippen LogP contribution in [0.3, 0.4) is 0 Å². The molecule has 5 rings (SSSR count). The third-order valence-electron chi connectivity index (χ3n) is 6.17. The third-order valence-corrected chi connectivity index (χ3v) is 6.17. The lowest BCUT2D eigenvalue weighted by Crippen LogP contribution is -2.29. The van der Waals surface area contributed by atoms with Gasteiger partial charge in [0.05, 0.1) is 25.3 Å². The Bertz CT molecular complexity index is 1470. The van der Waals surface area contributed by atoms with Gasteiger partial charge < -0.3 is 19.8 Å². The van der Waals surface area contributed by atoms with Crippen LogP contribution in [0, 0.1) is 0 Å². The standard InChI is InChI=1S/C28H25N3O3/c1-33-26-13-7-10-20(27(26)34-2)23(22-16-30-25-12-6-4-9-19(22)25)17-31-28(32)21-14-15-29-24-11-5-3-8-18(21)24/h3-16,23,30H,17H2,1-2H3,(H,31,32). The molecular formula is C28H25N3O3. The second-order valence-electron chi connectivity index (χ2n) is 8.01. The number of fused-ring (bicyclic) bond motifs is 2. The average Bonchev–Trinajstić information content (AvgIpc) is 3.32. The number of hydrogen-bond acceptors (Lipinski definition) is 4. The van der Waals surface area contributed by atoms with Crippen LogP contribution in [0.15, 0.2) is 85.2 Å². The van der Waals surface area contributed by atoms with E-state index in [0.717, 1.165) is 32.9 Å². The number of aromatic nitrogens is 2. The molecule has 2 N–H and O–H groups in total. The molecule has 34 heavy (non-hydrogen) atoms. The second kappa shape index (κ2) is 9.27. The molecular weight excluding hydrogens is 426 g/mol. The van der Waals surface area contributed by atoms with E-state index in [4.69, 9.17) is 9.47 Å². The molecule has 1 atom stereocenters. The van der Waals surface area contributed by atoms with E-state index in [0.29, 0.717) is 23.6 Å². The Hall–Kier alpha value is -4.32. The van der Waals surface area contributed by atoms with Crippen molar-refractivity contribution in [2.75, 3.05) is 20.8 Å². The lowest BCUT2D eigenvalue weighted by molar-refractivity contribution is 0.0954. The van der Waals surface area contributed by atoms with Crippen LogP contribution in [-0.2, 0) is 0 Å². The largest absolute Gasteiger partial charge is 0.493 e. The summed E-state index contributed by atoms with van der Waals surface area (Å²) in [5, 5.41) is 5.08. The predicted molar refractivity (Wildman–Crippen MR) is 134 cm³/mol. The van der Waals surface area contributed by atoms with Crippen molar-refractivity contribution in [3.05, 3.63) is 102 Å². The van der Waals surface area contributed by atoms with Gasteiger partial charge in [0.15, 0.2) is 11.5 Å². The van der Waals surface area contributed by atoms with Gasteiger partial charge in [-0.2, -0.15) is 0 Å². The van der Waals surface area contributed by atoms with E-state index in [1.54, 1.807) is 26.5 Å². The summed E-state index contributed by atoms with van der Waals surface area (Å²) >= 11 is 0. The molecule has 0 fully saturated rings. The Labute approximate surface area is 197 Å². The molecule has 0 aliphatic heterocycles. The number of pyridine rings is 1. The molecule has 0 bridgehead atoms. The fraction of sp³-hybridized carbons (Fsp3) is 0.143. The molecule has 2 aromatic heterocycles. The first-order valence-electron chi connectivity index (χ1n) is 11.1. The predicted octanol–water partition coefficient (Wildman–Crippen LogP) is 5.30. The Kier molecular flexibility index (Phi) is 5.87. The number of amides is 1. The van der Waals surface area contributed by atoms with Gasteiger partial charge >= 0.3 is 0 Å². The number of rotatable bonds is 7. The number of nitrogens with zero attached hydrogens (tertiary/aromatic N) is 1. The zero-order valence-electron chi connectivity index (χ0n) is 19.0. The van der Waals surface area contributed by atoms with Crippen LogP contribution >= 0.6 is 0 Å². The Balaban J connectivity index is 1.55. The van der Waals surface area contributed by atoms with Gasteiger partial charge in [0.25, 0.3) is 5.91 Å². The fourth-order valence-corrected chi connectivity index (χ4v) is 4.54. The minimum Gasteiger partial charge on any atom is -0.493 e. The maximum absolute atomic E-state index is 13.3. The first-order chi connectivity index (χ1) is 16.7. The number of aromatic amines is 1. The number of carbonyl (C=O) groups excluding carboxylic acids is 1. The highest BCUT2D eigenvalue weighted by atomic mass is 16.5. The summed E-state index contributed by atoms with van der Waals surface area (Å²) in [5.74, 6) is 0.990. The highest BCUT2D eigenvalue weighted by Crippen LogP contribution is 2.40. The van der Waals surface area contributed by atoms with Gasteiger partial charge in [0.2, 0.25) is 0 Å². The van der Waals surface area contributed by atoms with Crippen molar-refractivity contribution in [2.24, 2.45) is 0 Å². The number of hydrogen-bond donors (Lipinski definition) is 2. The third kappa shape index (κ3) is 3.83. The SMILES string of the molecule is COc1cccc(C(CNC(=O)c2ccnc3ccccc23)c2c[nH]c3ccccc23)c1OC. The van der Waals surface area contributed by atoms with Crippen LogP contribution in [0.2, 0.25) is 0 Å². The Morgan fingerprint density at radius 1 is 0.912 bits per heavy atom. The number of ether oxygens (including phenoxy) is 2. The van der Waals surface area contributed by atoms with Crippen molar-refractivity contribution in [3.8, 4) is 11.5 Å². The summed E-state index contributed by atoms with van der Waals surface area (Å²) in [7, 11) is 3.26. The van der Waals surface area contributed by atoms with Crippen molar-refractivity contribution in [3.63, 3.8) is 0 Å². The van der Waals surface area contributed by atoms with Crippen LogP contribution in [-0.4, -0.2) is 36.6 Å². The molecule has 0 spiro atoms. The van der Waals surface area contributed by atoms with E-state index >= 15 is 0 Å². The van der Waals surface area contributed by atoms with Crippen LogP contribution < -0.4 is 14.8 Å². The highest BCUT2D eigenvalue weighted by molar-refractivity contribution is 6.06. The second-order valence-corrected chi connectivity index (χ2v) is 8.01. The molecule has 3 aromatic carbocycles. The average molecular weight is 452 g/mol. The molecule has 170 valence electrons. The molecule has 2 heterocycles. The number of para-hydroxylation sites is 3. The molecule has 1 amide bonds. The van der Waals surface area contributed by atoms with Gasteiger partial charge in [-0.05, 0) is 29.8 Å². The van der Waals surface area contributed by atoms with E-state index in [9.17, 15) is 4.79 Å². The Morgan fingerprint density at radius 2 is 1.71 bits per heavy atom. The summed E-state index contributed by atoms with van der Waals surface area (Å²) < 4.78 is 11.3. The van der Waals surface area contributed by atoms with Gasteiger partial charge in [0, 0.05) is 46.7 Å². The number of nitrogens with one attached hydrogen (secondary N) is 2. The fourth-order valence-electron chi connectivity index (χ4n) is 4.54. The molecule has 0 radical (unpaired) electrons. The van der Waals surface area contributed by atoms with Crippen molar-refractivity contribution < 1.29 is 14.3 Å². The van der Waals surface area contributed by atoms with Gasteiger partial charge in [-0.1, -0.05) is 48.5 Å². The topological polar surface area (TPSA) is 76.2 Å². The normalized spacial score (nSPS) is 11.9. The number of carbonyl (C=O) groups is 1. The van der Waals surface area contributed by atoms with Crippen molar-refractivity contribution in [2.45, 2.75) is 5.92 Å². The van der Waals surface area contributed by atoms with Gasteiger partial charge in [-0.15, -0.1) is 0 Å². The maximum atomic E-state index is 13.3. The summed E-state index contributed by atoms with van der Waals surface area (Å²) in [6, 6.07) is 23.4. The van der Waals surface area contributed by atoms with Crippen LogP contribution in [0.1, 0.15) is 27.4 Å². The first kappa shape index (κ1) is 21.5. The van der Waals surface area contributed by atoms with Crippen molar-refractivity contribution in [1.82, 2.24) is 15.3 Å². The minimum absolute atomic E-state index is 0.148. The summed E-state index contributed by atoms with van der Waals surface area (Å²) in [6.07, 6.45) is 3.67. The van der Waals surface area contributed by atoms with E-state index in [-0.39, 0.29) is 11.8 Å². The molecule has 0 saturated carbocycles. The summed E-state index contributed by atoms with van der Waals surface area (Å²) in [5.41, 5.74) is 4.43. The van der Waals surface area contributed by atoms with Gasteiger partial charge in [-0.3, -0.25) is 9.78 Å². The van der Waals surface area contributed by atoms with Gasteiger partial charge in [-0.25, -0.2) is 0 Å². The van der Waals surface area contributed by atoms with E-state index < -0.39 is 0 Å². The number of methoxy groups -OCH3 is 2.